The summed E-state index contributed by atoms with van der Waals surface area (Å²) in [4.78, 5) is 12.5. The van der Waals surface area contributed by atoms with Crippen molar-refractivity contribution in [3.63, 3.8) is 0 Å². The third kappa shape index (κ3) is 3.85. The van der Waals surface area contributed by atoms with Gasteiger partial charge in [0.15, 0.2) is 0 Å². The second kappa shape index (κ2) is 8.30. The molecule has 5 heteroatoms. The largest absolute Gasteiger partial charge is 0.338 e. The maximum Gasteiger partial charge on any atom is 0.227 e. The molecule has 0 spiro atoms. The number of halogens is 2. The van der Waals surface area contributed by atoms with Gasteiger partial charge in [-0.1, -0.05) is 70.2 Å². The number of benzene rings is 2. The first-order valence-corrected chi connectivity index (χ1v) is 11.3. The van der Waals surface area contributed by atoms with Crippen molar-refractivity contribution in [2.45, 2.75) is 44.5 Å². The smallest absolute Gasteiger partial charge is 0.227 e. The minimum Gasteiger partial charge on any atom is -0.338 e. The normalized spacial score (nSPS) is 14.7. The van der Waals surface area contributed by atoms with Crippen molar-refractivity contribution in [2.24, 2.45) is 5.92 Å². The molecule has 1 aliphatic rings. The highest BCUT2D eigenvalue weighted by molar-refractivity contribution is 9.08. The number of carbonyl (C=O) groups is 1. The van der Waals surface area contributed by atoms with Gasteiger partial charge in [-0.2, -0.15) is 0 Å². The lowest BCUT2D eigenvalue weighted by molar-refractivity contribution is -0.119. The van der Waals surface area contributed by atoms with Gasteiger partial charge in [0, 0.05) is 34.6 Å². The fourth-order valence-electron chi connectivity index (χ4n) is 4.06. The van der Waals surface area contributed by atoms with Gasteiger partial charge in [0.1, 0.15) is 0 Å². The number of hydrogen-bond acceptors (Lipinski definition) is 1. The van der Waals surface area contributed by atoms with Gasteiger partial charge in [0.05, 0.1) is 10.5 Å². The van der Waals surface area contributed by atoms with E-state index < -0.39 is 0 Å². The average Bonchev–Trinajstić information content (AvgIpc) is 3.31. The van der Waals surface area contributed by atoms with E-state index in [1.807, 2.05) is 12.1 Å². The molecular formula is C23H24BrClN2O. The number of rotatable bonds is 5. The lowest BCUT2D eigenvalue weighted by Gasteiger charge is -2.12. The number of aromatic nitrogens is 1. The Bertz CT molecular complexity index is 1000. The zero-order chi connectivity index (χ0) is 19.7. The van der Waals surface area contributed by atoms with Crippen LogP contribution in [0, 0.1) is 12.8 Å². The SMILES string of the molecule is Cc1ccc(Cn2c(CBr)c(Cl)c3cc(NC(=O)C4CCCC4)ccc32)cc1. The lowest BCUT2D eigenvalue weighted by Crippen LogP contribution is -2.20. The highest BCUT2D eigenvalue weighted by Crippen LogP contribution is 2.35. The third-order valence-electron chi connectivity index (χ3n) is 5.68. The van der Waals surface area contributed by atoms with Crippen LogP contribution >= 0.6 is 27.5 Å². The Morgan fingerprint density at radius 2 is 1.89 bits per heavy atom. The van der Waals surface area contributed by atoms with Crippen LogP contribution in [0.4, 0.5) is 5.69 Å². The number of carbonyl (C=O) groups excluding carboxylic acids is 1. The molecule has 1 saturated carbocycles. The van der Waals surface area contributed by atoms with E-state index in [4.69, 9.17) is 11.6 Å². The summed E-state index contributed by atoms with van der Waals surface area (Å²) >= 11 is 10.3. The van der Waals surface area contributed by atoms with Crippen LogP contribution in [0.15, 0.2) is 42.5 Å². The number of aryl methyl sites for hydroxylation is 1. The quantitative estimate of drug-likeness (QED) is 0.424. The van der Waals surface area contributed by atoms with Crippen molar-refractivity contribution in [2.75, 3.05) is 5.32 Å². The van der Waals surface area contributed by atoms with E-state index in [1.54, 1.807) is 0 Å². The van der Waals surface area contributed by atoms with Crippen molar-refractivity contribution < 1.29 is 4.79 Å². The van der Waals surface area contributed by atoms with E-state index in [0.717, 1.165) is 59.5 Å². The second-order valence-electron chi connectivity index (χ2n) is 7.67. The van der Waals surface area contributed by atoms with Gasteiger partial charge in [-0.05, 0) is 43.5 Å². The first-order chi connectivity index (χ1) is 13.6. The monoisotopic (exact) mass is 458 g/mol. The second-order valence-corrected chi connectivity index (χ2v) is 8.61. The Labute approximate surface area is 179 Å². The van der Waals surface area contributed by atoms with Crippen LogP contribution in [0.5, 0.6) is 0 Å². The van der Waals surface area contributed by atoms with Gasteiger partial charge >= 0.3 is 0 Å². The first kappa shape index (κ1) is 19.5. The van der Waals surface area contributed by atoms with E-state index in [9.17, 15) is 4.79 Å². The van der Waals surface area contributed by atoms with Crippen LogP contribution < -0.4 is 5.32 Å². The number of hydrogen-bond donors (Lipinski definition) is 1. The summed E-state index contributed by atoms with van der Waals surface area (Å²) in [5, 5.41) is 5.49. The van der Waals surface area contributed by atoms with E-state index in [2.05, 4.69) is 63.1 Å². The fourth-order valence-corrected chi connectivity index (χ4v) is 5.13. The van der Waals surface area contributed by atoms with E-state index in [0.29, 0.717) is 5.33 Å². The first-order valence-electron chi connectivity index (χ1n) is 9.80. The molecule has 1 heterocycles. The summed E-state index contributed by atoms with van der Waals surface area (Å²) in [7, 11) is 0. The molecule has 1 aliphatic carbocycles. The van der Waals surface area contributed by atoms with Gasteiger partial charge in [-0.3, -0.25) is 4.79 Å². The molecule has 146 valence electrons. The molecule has 28 heavy (non-hydrogen) atoms. The summed E-state index contributed by atoms with van der Waals surface area (Å²) in [6, 6.07) is 14.6. The van der Waals surface area contributed by atoms with Crippen molar-refractivity contribution in [3.8, 4) is 0 Å². The molecule has 0 aliphatic heterocycles. The molecular weight excluding hydrogens is 436 g/mol. The maximum atomic E-state index is 12.5. The Morgan fingerprint density at radius 1 is 1.18 bits per heavy atom. The predicted octanol–water partition coefficient (Wildman–Crippen LogP) is 6.68. The zero-order valence-electron chi connectivity index (χ0n) is 16.0. The number of alkyl halides is 1. The highest BCUT2D eigenvalue weighted by Gasteiger charge is 2.23. The number of fused-ring (bicyclic) bond motifs is 1. The van der Waals surface area contributed by atoms with E-state index in [-0.39, 0.29) is 11.8 Å². The number of amides is 1. The van der Waals surface area contributed by atoms with Crippen molar-refractivity contribution >= 4 is 50.0 Å². The third-order valence-corrected chi connectivity index (χ3v) is 6.64. The van der Waals surface area contributed by atoms with Gasteiger partial charge in [-0.15, -0.1) is 0 Å². The maximum absolute atomic E-state index is 12.5. The lowest BCUT2D eigenvalue weighted by atomic mass is 10.1. The van der Waals surface area contributed by atoms with E-state index in [1.165, 1.54) is 11.1 Å². The molecule has 0 unspecified atom stereocenters. The molecule has 1 fully saturated rings. The van der Waals surface area contributed by atoms with Gasteiger partial charge in [0.25, 0.3) is 0 Å². The van der Waals surface area contributed by atoms with E-state index >= 15 is 0 Å². The van der Waals surface area contributed by atoms with Crippen LogP contribution in [-0.2, 0) is 16.7 Å². The van der Waals surface area contributed by atoms with Crippen molar-refractivity contribution in [1.82, 2.24) is 4.57 Å². The molecule has 1 amide bonds. The Balaban J connectivity index is 1.66. The summed E-state index contributed by atoms with van der Waals surface area (Å²) in [5.74, 6) is 0.281. The Kier molecular flexibility index (Phi) is 5.79. The summed E-state index contributed by atoms with van der Waals surface area (Å²) in [5.41, 5.74) is 5.44. The number of nitrogens with zero attached hydrogens (tertiary/aromatic N) is 1. The van der Waals surface area contributed by atoms with Crippen LogP contribution in [0.25, 0.3) is 10.9 Å². The molecule has 0 bridgehead atoms. The van der Waals surface area contributed by atoms with Gasteiger partial charge in [-0.25, -0.2) is 0 Å². The summed E-state index contributed by atoms with van der Waals surface area (Å²) < 4.78 is 2.25. The molecule has 1 aromatic heterocycles. The molecule has 0 atom stereocenters. The van der Waals surface area contributed by atoms with Crippen LogP contribution in [0.2, 0.25) is 5.02 Å². The summed E-state index contributed by atoms with van der Waals surface area (Å²) in [6.45, 7) is 2.86. The zero-order valence-corrected chi connectivity index (χ0v) is 18.3. The minimum atomic E-state index is 0.132. The minimum absolute atomic E-state index is 0.132. The average molecular weight is 460 g/mol. The fraction of sp³-hybridized carbons (Fsp3) is 0.348. The summed E-state index contributed by atoms with van der Waals surface area (Å²) in [6.07, 6.45) is 4.30. The molecule has 2 aromatic carbocycles. The molecule has 3 nitrogen and oxygen atoms in total. The molecule has 1 N–H and O–H groups in total. The predicted molar refractivity (Wildman–Crippen MR) is 120 cm³/mol. The number of nitrogens with one attached hydrogen (secondary N) is 1. The number of anilines is 1. The van der Waals surface area contributed by atoms with Crippen molar-refractivity contribution in [1.29, 1.82) is 0 Å². The van der Waals surface area contributed by atoms with Gasteiger partial charge < -0.3 is 9.88 Å². The molecule has 0 saturated heterocycles. The topological polar surface area (TPSA) is 34.0 Å². The van der Waals surface area contributed by atoms with Crippen LogP contribution in [-0.4, -0.2) is 10.5 Å². The molecule has 0 radical (unpaired) electrons. The highest BCUT2D eigenvalue weighted by atomic mass is 79.9. The molecule has 4 rings (SSSR count). The molecule has 3 aromatic rings. The van der Waals surface area contributed by atoms with Crippen molar-refractivity contribution in [3.05, 3.63) is 64.3 Å². The van der Waals surface area contributed by atoms with Gasteiger partial charge in [0.2, 0.25) is 5.91 Å². The Hall–Kier alpha value is -1.78. The standard InChI is InChI=1S/C23H24BrClN2O/c1-15-6-8-16(9-7-15)14-27-20-11-10-18(12-19(20)22(25)21(27)13-24)26-23(28)17-4-2-3-5-17/h6-12,17H,2-5,13-14H2,1H3,(H,26,28). The Morgan fingerprint density at radius 3 is 2.57 bits per heavy atom. The van der Waals surface area contributed by atoms with Crippen LogP contribution in [0.1, 0.15) is 42.5 Å². The van der Waals surface area contributed by atoms with Crippen LogP contribution in [0.3, 0.4) is 0 Å².